The van der Waals surface area contributed by atoms with E-state index in [-0.39, 0.29) is 6.10 Å². The van der Waals surface area contributed by atoms with Crippen molar-refractivity contribution in [3.63, 3.8) is 0 Å². The molecule has 26 heavy (non-hydrogen) atoms. The predicted octanol–water partition coefficient (Wildman–Crippen LogP) is 5.03. The maximum absolute atomic E-state index is 11.3. The van der Waals surface area contributed by atoms with Crippen molar-refractivity contribution < 1.29 is 19.0 Å². The molecule has 0 amide bonds. The Labute approximate surface area is 155 Å². The van der Waals surface area contributed by atoms with Crippen LogP contribution in [0.4, 0.5) is 0 Å². The van der Waals surface area contributed by atoms with Gasteiger partial charge in [-0.15, -0.1) is 0 Å². The third kappa shape index (κ3) is 5.66. The summed E-state index contributed by atoms with van der Waals surface area (Å²) in [6, 6.07) is 15.9. The lowest BCUT2D eigenvalue weighted by atomic mass is 10.0. The van der Waals surface area contributed by atoms with Crippen molar-refractivity contribution >= 4 is 5.97 Å². The second-order valence-electron chi connectivity index (χ2n) is 6.77. The minimum Gasteiger partial charge on any atom is -0.497 e. The highest BCUT2D eigenvalue weighted by Crippen LogP contribution is 2.27. The smallest absolute Gasteiger partial charge is 0.330 e. The van der Waals surface area contributed by atoms with Crippen molar-refractivity contribution in [1.29, 1.82) is 0 Å². The maximum Gasteiger partial charge on any atom is 0.330 e. The highest BCUT2D eigenvalue weighted by atomic mass is 16.5. The first kappa shape index (κ1) is 19.6. The zero-order valence-corrected chi connectivity index (χ0v) is 15.8. The van der Waals surface area contributed by atoms with Crippen LogP contribution in [0.15, 0.2) is 61.2 Å². The molecule has 0 spiro atoms. The molecule has 4 nitrogen and oxygen atoms in total. The number of hydrogen-bond donors (Lipinski definition) is 0. The number of benzene rings is 2. The van der Waals surface area contributed by atoms with Gasteiger partial charge in [0.25, 0.3) is 0 Å². The normalized spacial score (nSPS) is 12.2. The molecule has 2 rings (SSSR count). The molecule has 0 aliphatic heterocycles. The summed E-state index contributed by atoms with van der Waals surface area (Å²) in [5.74, 6) is 1.19. The van der Waals surface area contributed by atoms with Crippen LogP contribution in [0.5, 0.6) is 11.5 Å². The van der Waals surface area contributed by atoms with E-state index < -0.39 is 11.6 Å². The Morgan fingerprint density at radius 3 is 2.00 bits per heavy atom. The van der Waals surface area contributed by atoms with Gasteiger partial charge in [-0.2, -0.15) is 0 Å². The lowest BCUT2D eigenvalue weighted by Gasteiger charge is -2.29. The quantitative estimate of drug-likeness (QED) is 0.493. The summed E-state index contributed by atoms with van der Waals surface area (Å²) in [5.41, 5.74) is 1.75. The third-order valence-corrected chi connectivity index (χ3v) is 3.93. The van der Waals surface area contributed by atoms with E-state index >= 15 is 0 Å². The first-order valence-electron chi connectivity index (χ1n) is 8.59. The number of rotatable bonds is 8. The third-order valence-electron chi connectivity index (χ3n) is 3.93. The molecule has 0 fully saturated rings. The highest BCUT2D eigenvalue weighted by molar-refractivity contribution is 5.81. The van der Waals surface area contributed by atoms with E-state index in [1.54, 1.807) is 7.11 Å². The molecule has 2 aromatic carbocycles. The zero-order valence-electron chi connectivity index (χ0n) is 15.8. The summed E-state index contributed by atoms with van der Waals surface area (Å²) in [4.78, 5) is 11.3. The van der Waals surface area contributed by atoms with Crippen molar-refractivity contribution in [3.8, 4) is 22.6 Å². The monoisotopic (exact) mass is 354 g/mol. The summed E-state index contributed by atoms with van der Waals surface area (Å²) in [7, 11) is 1.65. The van der Waals surface area contributed by atoms with Gasteiger partial charge in [0.05, 0.1) is 7.11 Å². The van der Waals surface area contributed by atoms with E-state index in [0.29, 0.717) is 6.42 Å². The van der Waals surface area contributed by atoms with Crippen molar-refractivity contribution in [1.82, 2.24) is 0 Å². The van der Waals surface area contributed by atoms with E-state index in [4.69, 9.17) is 14.2 Å². The molecule has 0 aromatic heterocycles. The first-order valence-corrected chi connectivity index (χ1v) is 8.59. The highest BCUT2D eigenvalue weighted by Gasteiger charge is 2.24. The number of hydrogen-bond acceptors (Lipinski definition) is 4. The SMILES string of the molecule is C=CC(=O)OC(C)CC(C)(C)Oc1ccc(-c2ccc(OC)cc2)cc1. The van der Waals surface area contributed by atoms with Crippen LogP contribution in [0, 0.1) is 0 Å². The minimum atomic E-state index is -0.470. The second-order valence-corrected chi connectivity index (χ2v) is 6.77. The average molecular weight is 354 g/mol. The van der Waals surface area contributed by atoms with E-state index in [9.17, 15) is 4.79 Å². The summed E-state index contributed by atoms with van der Waals surface area (Å²) in [5, 5.41) is 0. The number of carbonyl (C=O) groups is 1. The molecule has 0 aliphatic carbocycles. The lowest BCUT2D eigenvalue weighted by Crippen LogP contribution is -2.33. The number of ether oxygens (including phenoxy) is 3. The molecule has 2 aromatic rings. The molecule has 0 aliphatic rings. The van der Waals surface area contributed by atoms with Crippen molar-refractivity contribution in [2.45, 2.75) is 38.9 Å². The van der Waals surface area contributed by atoms with E-state index in [1.807, 2.05) is 69.3 Å². The van der Waals surface area contributed by atoms with Crippen LogP contribution in [-0.2, 0) is 9.53 Å². The Kier molecular flexibility index (Phi) is 6.45. The Bertz CT molecular complexity index is 730. The van der Waals surface area contributed by atoms with Crippen LogP contribution in [0.3, 0.4) is 0 Å². The fourth-order valence-electron chi connectivity index (χ4n) is 2.84. The van der Waals surface area contributed by atoms with Crippen molar-refractivity contribution in [2.24, 2.45) is 0 Å². The Hall–Kier alpha value is -2.75. The van der Waals surface area contributed by atoms with Crippen LogP contribution < -0.4 is 9.47 Å². The molecule has 1 atom stereocenters. The van der Waals surface area contributed by atoms with Gasteiger partial charge in [-0.1, -0.05) is 30.8 Å². The predicted molar refractivity (Wildman–Crippen MR) is 104 cm³/mol. The van der Waals surface area contributed by atoms with Crippen molar-refractivity contribution in [3.05, 3.63) is 61.2 Å². The second kappa shape index (κ2) is 8.56. The molecule has 0 bridgehead atoms. The molecule has 0 radical (unpaired) electrons. The summed E-state index contributed by atoms with van der Waals surface area (Å²) in [6.07, 6.45) is 1.49. The fraction of sp³-hybridized carbons (Fsp3) is 0.318. The van der Waals surface area contributed by atoms with Gasteiger partial charge in [0, 0.05) is 12.5 Å². The van der Waals surface area contributed by atoms with Gasteiger partial charge in [0.2, 0.25) is 0 Å². The van der Waals surface area contributed by atoms with E-state index in [0.717, 1.165) is 22.6 Å². The molecular formula is C22H26O4. The Balaban J connectivity index is 2.00. The summed E-state index contributed by atoms with van der Waals surface area (Å²) in [6.45, 7) is 9.20. The number of esters is 1. The number of methoxy groups -OCH3 is 1. The first-order chi connectivity index (χ1) is 12.3. The van der Waals surface area contributed by atoms with Gasteiger partial charge in [0.1, 0.15) is 23.2 Å². The summed E-state index contributed by atoms with van der Waals surface area (Å²) < 4.78 is 16.5. The average Bonchev–Trinajstić information content (AvgIpc) is 2.61. The van der Waals surface area contributed by atoms with Crippen LogP contribution in [0.25, 0.3) is 11.1 Å². The standard InChI is InChI=1S/C22H26O4/c1-6-21(23)25-16(2)15-22(3,4)26-20-13-9-18(10-14-20)17-7-11-19(24-5)12-8-17/h6-14,16H,1,15H2,2-5H3. The van der Waals surface area contributed by atoms with Gasteiger partial charge < -0.3 is 14.2 Å². The van der Waals surface area contributed by atoms with Crippen LogP contribution in [-0.4, -0.2) is 24.8 Å². The van der Waals surface area contributed by atoms with E-state index in [1.165, 1.54) is 6.08 Å². The van der Waals surface area contributed by atoms with Crippen LogP contribution >= 0.6 is 0 Å². The molecule has 4 heteroatoms. The Morgan fingerprint density at radius 1 is 1.04 bits per heavy atom. The molecule has 138 valence electrons. The van der Waals surface area contributed by atoms with Gasteiger partial charge in [0.15, 0.2) is 0 Å². The summed E-state index contributed by atoms with van der Waals surface area (Å²) >= 11 is 0. The lowest BCUT2D eigenvalue weighted by molar-refractivity contribution is -0.144. The van der Waals surface area contributed by atoms with Gasteiger partial charge in [-0.25, -0.2) is 4.79 Å². The minimum absolute atomic E-state index is 0.255. The van der Waals surface area contributed by atoms with Gasteiger partial charge >= 0.3 is 5.97 Å². The topological polar surface area (TPSA) is 44.8 Å². The number of carbonyl (C=O) groups excluding carboxylic acids is 1. The molecule has 0 saturated carbocycles. The Morgan fingerprint density at radius 2 is 1.54 bits per heavy atom. The van der Waals surface area contributed by atoms with Gasteiger partial charge in [-0.05, 0) is 56.2 Å². The molecule has 0 saturated heterocycles. The van der Waals surface area contributed by atoms with Gasteiger partial charge in [-0.3, -0.25) is 0 Å². The largest absolute Gasteiger partial charge is 0.497 e. The molecule has 0 N–H and O–H groups in total. The van der Waals surface area contributed by atoms with Crippen molar-refractivity contribution in [2.75, 3.05) is 7.11 Å². The van der Waals surface area contributed by atoms with Crippen LogP contribution in [0.2, 0.25) is 0 Å². The molecule has 0 heterocycles. The maximum atomic E-state index is 11.3. The van der Waals surface area contributed by atoms with E-state index in [2.05, 4.69) is 6.58 Å². The zero-order chi connectivity index (χ0) is 19.2. The molecular weight excluding hydrogens is 328 g/mol. The fourth-order valence-corrected chi connectivity index (χ4v) is 2.84. The van der Waals surface area contributed by atoms with Crippen LogP contribution in [0.1, 0.15) is 27.2 Å². The molecule has 1 unspecified atom stereocenters.